The van der Waals surface area contributed by atoms with E-state index >= 15 is 0 Å². The molecular weight excluding hydrogens is 378 g/mol. The minimum absolute atomic E-state index is 0.0891. The summed E-state index contributed by atoms with van der Waals surface area (Å²) in [5, 5.41) is 8.93. The molecule has 0 aromatic heterocycles. The van der Waals surface area contributed by atoms with Gasteiger partial charge in [0.05, 0.1) is 6.61 Å². The molecule has 2 aliphatic rings. The summed E-state index contributed by atoms with van der Waals surface area (Å²) < 4.78 is 5.83. The fourth-order valence-electron chi connectivity index (χ4n) is 4.36. The van der Waals surface area contributed by atoms with Crippen LogP contribution in [0.3, 0.4) is 0 Å². The van der Waals surface area contributed by atoms with Crippen LogP contribution >= 0.6 is 0 Å². The largest absolute Gasteiger partial charge is 0.493 e. The highest BCUT2D eigenvalue weighted by molar-refractivity contribution is 5.91. The van der Waals surface area contributed by atoms with Gasteiger partial charge in [-0.15, -0.1) is 0 Å². The Bertz CT molecular complexity index is 878. The van der Waals surface area contributed by atoms with Gasteiger partial charge in [0.2, 0.25) is 5.91 Å². The lowest BCUT2D eigenvalue weighted by Gasteiger charge is -2.31. The van der Waals surface area contributed by atoms with Crippen LogP contribution in [0.1, 0.15) is 36.8 Å². The number of amides is 3. The average Bonchev–Trinajstić information content (AvgIpc) is 3.26. The number of nitrogens with one attached hydrogen (secondary N) is 3. The van der Waals surface area contributed by atoms with Crippen molar-refractivity contribution in [3.8, 4) is 5.75 Å². The normalized spacial score (nSPS) is 19.3. The second-order valence-electron chi connectivity index (χ2n) is 8.28. The molecule has 1 aliphatic carbocycles. The summed E-state index contributed by atoms with van der Waals surface area (Å²) in [6.07, 6.45) is 4.09. The maximum Gasteiger partial charge on any atom is 0.315 e. The molecule has 1 fully saturated rings. The fourth-order valence-corrected chi connectivity index (χ4v) is 4.36. The van der Waals surface area contributed by atoms with E-state index < -0.39 is 5.54 Å². The molecule has 0 spiro atoms. The van der Waals surface area contributed by atoms with E-state index in [0.717, 1.165) is 30.6 Å². The van der Waals surface area contributed by atoms with Gasteiger partial charge >= 0.3 is 6.03 Å². The predicted octanol–water partition coefficient (Wildman–Crippen LogP) is 3.17. The molecule has 2 aromatic rings. The predicted molar refractivity (Wildman–Crippen MR) is 115 cm³/mol. The van der Waals surface area contributed by atoms with Gasteiger partial charge in [0.1, 0.15) is 11.3 Å². The van der Waals surface area contributed by atoms with Gasteiger partial charge in [-0.25, -0.2) is 4.79 Å². The standard InChI is InChI=1S/C24H29N3O3/c28-22(25-16-19-14-20-10-4-5-11-21(20)30-17-19)24(12-6-7-13-24)27-23(29)26-15-18-8-2-1-3-9-18/h1-5,8-11,19H,6-7,12-17H2,(H,25,28)(H2,26,27,29). The van der Waals surface area contributed by atoms with Crippen LogP contribution in [-0.2, 0) is 17.8 Å². The molecule has 3 amide bonds. The van der Waals surface area contributed by atoms with Gasteiger partial charge in [-0.05, 0) is 36.5 Å². The first-order valence-electron chi connectivity index (χ1n) is 10.7. The second kappa shape index (κ2) is 9.20. The van der Waals surface area contributed by atoms with Crippen molar-refractivity contribution in [2.75, 3.05) is 13.2 Å². The number of ether oxygens (including phenoxy) is 1. The van der Waals surface area contributed by atoms with Crippen molar-refractivity contribution in [2.45, 2.75) is 44.2 Å². The molecule has 6 heteroatoms. The Morgan fingerprint density at radius 2 is 1.70 bits per heavy atom. The minimum Gasteiger partial charge on any atom is -0.493 e. The summed E-state index contributed by atoms with van der Waals surface area (Å²) in [7, 11) is 0. The monoisotopic (exact) mass is 407 g/mol. The van der Waals surface area contributed by atoms with Gasteiger partial charge in [0.25, 0.3) is 0 Å². The number of hydrogen-bond acceptors (Lipinski definition) is 3. The number of benzene rings is 2. The van der Waals surface area contributed by atoms with Crippen molar-refractivity contribution >= 4 is 11.9 Å². The zero-order chi connectivity index (χ0) is 20.8. The minimum atomic E-state index is -0.825. The van der Waals surface area contributed by atoms with Crippen molar-refractivity contribution in [3.63, 3.8) is 0 Å². The van der Waals surface area contributed by atoms with Crippen molar-refractivity contribution in [2.24, 2.45) is 5.92 Å². The first kappa shape index (κ1) is 20.3. The molecule has 30 heavy (non-hydrogen) atoms. The molecule has 0 radical (unpaired) electrons. The maximum atomic E-state index is 13.1. The number of rotatable bonds is 6. The Morgan fingerprint density at radius 1 is 0.967 bits per heavy atom. The van der Waals surface area contributed by atoms with Gasteiger partial charge in [0, 0.05) is 19.0 Å². The molecule has 3 N–H and O–H groups in total. The van der Waals surface area contributed by atoms with Gasteiger partial charge in [-0.3, -0.25) is 4.79 Å². The zero-order valence-corrected chi connectivity index (χ0v) is 17.2. The molecule has 0 bridgehead atoms. The van der Waals surface area contributed by atoms with Crippen molar-refractivity contribution in [1.82, 2.24) is 16.0 Å². The van der Waals surface area contributed by atoms with Gasteiger partial charge in [-0.1, -0.05) is 61.4 Å². The molecule has 158 valence electrons. The molecule has 1 saturated carbocycles. The Morgan fingerprint density at radius 3 is 2.50 bits per heavy atom. The van der Waals surface area contributed by atoms with Crippen LogP contribution in [0.15, 0.2) is 54.6 Å². The average molecular weight is 408 g/mol. The number of hydrogen-bond donors (Lipinski definition) is 3. The van der Waals surface area contributed by atoms with Crippen LogP contribution in [-0.4, -0.2) is 30.6 Å². The van der Waals surface area contributed by atoms with Crippen molar-refractivity contribution < 1.29 is 14.3 Å². The lowest BCUT2D eigenvalue weighted by atomic mass is 9.94. The summed E-state index contributed by atoms with van der Waals surface area (Å²) >= 11 is 0. The van der Waals surface area contributed by atoms with E-state index in [2.05, 4.69) is 22.0 Å². The van der Waals surface area contributed by atoms with E-state index in [9.17, 15) is 9.59 Å². The van der Waals surface area contributed by atoms with Crippen LogP contribution < -0.4 is 20.7 Å². The van der Waals surface area contributed by atoms with E-state index in [-0.39, 0.29) is 17.9 Å². The molecule has 1 atom stereocenters. The number of para-hydroxylation sites is 1. The molecule has 1 heterocycles. The third-order valence-corrected chi connectivity index (χ3v) is 6.05. The van der Waals surface area contributed by atoms with Crippen molar-refractivity contribution in [1.29, 1.82) is 0 Å². The number of urea groups is 1. The van der Waals surface area contributed by atoms with Crippen LogP contribution in [0.25, 0.3) is 0 Å². The number of carbonyl (C=O) groups is 2. The van der Waals surface area contributed by atoms with Crippen LogP contribution in [0.5, 0.6) is 5.75 Å². The third-order valence-electron chi connectivity index (χ3n) is 6.05. The highest BCUT2D eigenvalue weighted by atomic mass is 16.5. The third kappa shape index (κ3) is 4.75. The molecule has 1 aliphatic heterocycles. The van der Waals surface area contributed by atoms with Crippen LogP contribution in [0.2, 0.25) is 0 Å². The first-order chi connectivity index (χ1) is 14.6. The summed E-state index contributed by atoms with van der Waals surface area (Å²) in [4.78, 5) is 25.6. The molecule has 6 nitrogen and oxygen atoms in total. The summed E-state index contributed by atoms with van der Waals surface area (Å²) in [6.45, 7) is 1.57. The highest BCUT2D eigenvalue weighted by Gasteiger charge is 2.42. The highest BCUT2D eigenvalue weighted by Crippen LogP contribution is 2.30. The van der Waals surface area contributed by atoms with Crippen LogP contribution in [0.4, 0.5) is 4.79 Å². The van der Waals surface area contributed by atoms with Gasteiger partial charge in [-0.2, -0.15) is 0 Å². The Labute approximate surface area is 177 Å². The topological polar surface area (TPSA) is 79.5 Å². The second-order valence-corrected chi connectivity index (χ2v) is 8.28. The first-order valence-corrected chi connectivity index (χ1v) is 10.7. The SMILES string of the molecule is O=C(NCc1ccccc1)NC1(C(=O)NCC2COc3ccccc3C2)CCCC1. The quantitative estimate of drug-likeness (QED) is 0.688. The van der Waals surface area contributed by atoms with Gasteiger partial charge in [0.15, 0.2) is 0 Å². The lowest BCUT2D eigenvalue weighted by Crippen LogP contribution is -2.59. The summed E-state index contributed by atoms with van der Waals surface area (Å²) in [5.74, 6) is 1.08. The van der Waals surface area contributed by atoms with E-state index in [0.29, 0.717) is 32.5 Å². The Kier molecular flexibility index (Phi) is 6.21. The van der Waals surface area contributed by atoms with E-state index in [1.807, 2.05) is 48.5 Å². The lowest BCUT2D eigenvalue weighted by molar-refractivity contribution is -0.127. The smallest absolute Gasteiger partial charge is 0.315 e. The van der Waals surface area contributed by atoms with Crippen molar-refractivity contribution in [3.05, 3.63) is 65.7 Å². The van der Waals surface area contributed by atoms with Crippen LogP contribution in [0, 0.1) is 5.92 Å². The van der Waals surface area contributed by atoms with E-state index in [1.54, 1.807) is 0 Å². The molecule has 1 unspecified atom stereocenters. The Hall–Kier alpha value is -3.02. The fraction of sp³-hybridized carbons (Fsp3) is 0.417. The molecule has 0 saturated heterocycles. The zero-order valence-electron chi connectivity index (χ0n) is 17.2. The number of carbonyl (C=O) groups excluding carboxylic acids is 2. The maximum absolute atomic E-state index is 13.1. The molecule has 4 rings (SSSR count). The number of fused-ring (bicyclic) bond motifs is 1. The summed E-state index contributed by atoms with van der Waals surface area (Å²) in [5.41, 5.74) is 1.38. The summed E-state index contributed by atoms with van der Waals surface area (Å²) in [6, 6.07) is 17.5. The molecular formula is C24H29N3O3. The van der Waals surface area contributed by atoms with E-state index in [4.69, 9.17) is 4.74 Å². The van der Waals surface area contributed by atoms with E-state index in [1.165, 1.54) is 5.56 Å². The molecule has 2 aromatic carbocycles. The Balaban J connectivity index is 1.30. The van der Waals surface area contributed by atoms with Gasteiger partial charge < -0.3 is 20.7 Å².